The van der Waals surface area contributed by atoms with Crippen molar-refractivity contribution in [3.8, 4) is 0 Å². The number of urea groups is 1. The molecule has 0 aromatic heterocycles. The van der Waals surface area contributed by atoms with Crippen LogP contribution in [0.1, 0.15) is 40.5 Å². The van der Waals surface area contributed by atoms with Gasteiger partial charge in [0.05, 0.1) is 5.92 Å². The molecule has 0 aliphatic carbocycles. The van der Waals surface area contributed by atoms with Crippen molar-refractivity contribution in [3.63, 3.8) is 0 Å². The van der Waals surface area contributed by atoms with Crippen LogP contribution in [-0.2, 0) is 4.79 Å². The number of nitrogens with one attached hydrogen (secondary N) is 2. The molecule has 0 aliphatic rings. The van der Waals surface area contributed by atoms with Crippen molar-refractivity contribution in [2.45, 2.75) is 46.1 Å². The molecule has 0 saturated carbocycles. The average molecular weight is 230 g/mol. The van der Waals surface area contributed by atoms with Crippen molar-refractivity contribution in [2.24, 2.45) is 5.92 Å². The molecule has 1 atom stereocenters. The lowest BCUT2D eigenvalue weighted by Crippen LogP contribution is -2.49. The summed E-state index contributed by atoms with van der Waals surface area (Å²) in [7, 11) is 0. The number of carbonyl (C=O) groups is 2. The zero-order valence-electron chi connectivity index (χ0n) is 10.5. The summed E-state index contributed by atoms with van der Waals surface area (Å²) in [5, 5.41) is 14.0. The number of hydrogen-bond acceptors (Lipinski definition) is 2. The minimum atomic E-state index is -0.909. The highest BCUT2D eigenvalue weighted by Crippen LogP contribution is 2.10. The number of amides is 2. The molecule has 0 heterocycles. The number of rotatable bonds is 6. The van der Waals surface area contributed by atoms with Crippen LogP contribution in [0.15, 0.2) is 0 Å². The van der Waals surface area contributed by atoms with Gasteiger partial charge >= 0.3 is 12.0 Å². The summed E-state index contributed by atoms with van der Waals surface area (Å²) in [4.78, 5) is 22.0. The minimum Gasteiger partial charge on any atom is -0.481 e. The third-order valence-corrected chi connectivity index (χ3v) is 2.32. The van der Waals surface area contributed by atoms with Crippen LogP contribution in [0.3, 0.4) is 0 Å². The fraction of sp³-hybridized carbons (Fsp3) is 0.818. The van der Waals surface area contributed by atoms with E-state index in [0.717, 1.165) is 12.8 Å². The molecule has 1 unspecified atom stereocenters. The molecule has 5 nitrogen and oxygen atoms in total. The van der Waals surface area contributed by atoms with Gasteiger partial charge in [-0.15, -0.1) is 0 Å². The number of carboxylic acid groups (broad SMARTS) is 1. The van der Waals surface area contributed by atoms with Gasteiger partial charge in [-0.1, -0.05) is 20.3 Å². The maximum Gasteiger partial charge on any atom is 0.315 e. The summed E-state index contributed by atoms with van der Waals surface area (Å²) < 4.78 is 0. The maximum atomic E-state index is 11.4. The van der Waals surface area contributed by atoms with Gasteiger partial charge < -0.3 is 15.7 Å². The first-order valence-corrected chi connectivity index (χ1v) is 5.57. The van der Waals surface area contributed by atoms with Crippen LogP contribution in [0.4, 0.5) is 4.79 Å². The Morgan fingerprint density at radius 2 is 1.94 bits per heavy atom. The zero-order chi connectivity index (χ0) is 12.8. The van der Waals surface area contributed by atoms with E-state index in [2.05, 4.69) is 10.6 Å². The normalized spacial score (nSPS) is 13.0. The molecule has 0 aromatic rings. The molecule has 2 amide bonds. The molecule has 3 N–H and O–H groups in total. The third kappa shape index (κ3) is 6.27. The van der Waals surface area contributed by atoms with Crippen molar-refractivity contribution in [1.29, 1.82) is 0 Å². The number of carbonyl (C=O) groups excluding carboxylic acids is 1. The molecule has 0 aliphatic heterocycles. The third-order valence-electron chi connectivity index (χ3n) is 2.32. The number of carboxylic acids is 1. The van der Waals surface area contributed by atoms with E-state index in [1.807, 2.05) is 20.8 Å². The molecule has 0 radical (unpaired) electrons. The van der Waals surface area contributed by atoms with Crippen molar-refractivity contribution >= 4 is 12.0 Å². The first-order chi connectivity index (χ1) is 7.28. The highest BCUT2D eigenvalue weighted by atomic mass is 16.4. The van der Waals surface area contributed by atoms with E-state index in [9.17, 15) is 9.59 Å². The maximum absolute atomic E-state index is 11.4. The van der Waals surface area contributed by atoms with Gasteiger partial charge in [-0.25, -0.2) is 4.79 Å². The van der Waals surface area contributed by atoms with E-state index in [4.69, 9.17) is 5.11 Å². The van der Waals surface area contributed by atoms with E-state index in [0.29, 0.717) is 0 Å². The Balaban J connectivity index is 3.95. The second-order valence-electron chi connectivity index (χ2n) is 4.71. The van der Waals surface area contributed by atoms with Gasteiger partial charge in [0.2, 0.25) is 0 Å². The summed E-state index contributed by atoms with van der Waals surface area (Å²) in [6.07, 6.45) is 1.87. The molecule has 0 bridgehead atoms. The number of aliphatic carboxylic acids is 1. The zero-order valence-corrected chi connectivity index (χ0v) is 10.5. The quantitative estimate of drug-likeness (QED) is 0.648. The van der Waals surface area contributed by atoms with Crippen LogP contribution in [0.25, 0.3) is 0 Å². The largest absolute Gasteiger partial charge is 0.481 e. The van der Waals surface area contributed by atoms with Crippen LogP contribution in [-0.4, -0.2) is 29.2 Å². The van der Waals surface area contributed by atoms with Crippen molar-refractivity contribution in [3.05, 3.63) is 0 Å². The van der Waals surface area contributed by atoms with Gasteiger partial charge in [-0.05, 0) is 20.3 Å². The second kappa shape index (κ2) is 6.35. The Morgan fingerprint density at radius 3 is 2.38 bits per heavy atom. The Hall–Kier alpha value is -1.26. The molecule has 16 heavy (non-hydrogen) atoms. The number of hydrogen-bond donors (Lipinski definition) is 3. The van der Waals surface area contributed by atoms with Gasteiger partial charge in [-0.3, -0.25) is 4.79 Å². The highest BCUT2D eigenvalue weighted by molar-refractivity contribution is 5.76. The summed E-state index contributed by atoms with van der Waals surface area (Å²) in [6.45, 7) is 7.63. The predicted molar refractivity (Wildman–Crippen MR) is 62.3 cm³/mol. The molecule has 5 heteroatoms. The highest BCUT2D eigenvalue weighted by Gasteiger charge is 2.19. The minimum absolute atomic E-state index is 0.142. The van der Waals surface area contributed by atoms with Crippen molar-refractivity contribution in [2.75, 3.05) is 6.54 Å². The monoisotopic (exact) mass is 230 g/mol. The van der Waals surface area contributed by atoms with Gasteiger partial charge in [-0.2, -0.15) is 0 Å². The molecular formula is C11H22N2O3. The van der Waals surface area contributed by atoms with Crippen LogP contribution in [0.2, 0.25) is 0 Å². The van der Waals surface area contributed by atoms with Crippen LogP contribution < -0.4 is 10.6 Å². The van der Waals surface area contributed by atoms with Gasteiger partial charge in [0.1, 0.15) is 0 Å². The summed E-state index contributed by atoms with van der Waals surface area (Å²) in [5.74, 6) is -1.48. The van der Waals surface area contributed by atoms with Gasteiger partial charge in [0, 0.05) is 12.1 Å². The van der Waals surface area contributed by atoms with Crippen molar-refractivity contribution < 1.29 is 14.7 Å². The lowest BCUT2D eigenvalue weighted by Gasteiger charge is -2.26. The van der Waals surface area contributed by atoms with Crippen molar-refractivity contribution in [1.82, 2.24) is 10.6 Å². The lowest BCUT2D eigenvalue weighted by atomic mass is 9.99. The molecule has 0 aromatic carbocycles. The molecule has 94 valence electrons. The SMILES string of the molecule is CCCC(C)(C)NC(=O)NCC(C)C(=O)O. The molecule has 0 fully saturated rings. The van der Waals surface area contributed by atoms with Crippen LogP contribution in [0, 0.1) is 5.92 Å². The standard InChI is InChI=1S/C11H22N2O3/c1-5-6-11(3,4)13-10(16)12-7-8(2)9(14)15/h8H,5-7H2,1-4H3,(H,14,15)(H2,12,13,16). The Bertz CT molecular complexity index is 252. The first kappa shape index (κ1) is 14.7. The predicted octanol–water partition coefficient (Wildman–Crippen LogP) is 1.59. The first-order valence-electron chi connectivity index (χ1n) is 5.57. The van der Waals surface area contributed by atoms with Crippen LogP contribution in [0.5, 0.6) is 0 Å². The lowest BCUT2D eigenvalue weighted by molar-refractivity contribution is -0.140. The second-order valence-corrected chi connectivity index (χ2v) is 4.71. The van der Waals surface area contributed by atoms with Crippen LogP contribution >= 0.6 is 0 Å². The molecule has 0 saturated heterocycles. The average Bonchev–Trinajstić information content (AvgIpc) is 2.12. The van der Waals surface area contributed by atoms with E-state index in [-0.39, 0.29) is 18.1 Å². The molecule has 0 spiro atoms. The Kier molecular flexibility index (Phi) is 5.85. The van der Waals surface area contributed by atoms with Gasteiger partial charge in [0.25, 0.3) is 0 Å². The Morgan fingerprint density at radius 1 is 1.38 bits per heavy atom. The Labute approximate surface area is 96.6 Å². The summed E-state index contributed by atoms with van der Waals surface area (Å²) >= 11 is 0. The summed E-state index contributed by atoms with van der Waals surface area (Å²) in [5.41, 5.74) is -0.259. The fourth-order valence-corrected chi connectivity index (χ4v) is 1.37. The summed E-state index contributed by atoms with van der Waals surface area (Å²) in [6, 6.07) is -0.313. The van der Waals surface area contributed by atoms with E-state index >= 15 is 0 Å². The smallest absolute Gasteiger partial charge is 0.315 e. The fourth-order valence-electron chi connectivity index (χ4n) is 1.37. The topological polar surface area (TPSA) is 78.4 Å². The van der Waals surface area contributed by atoms with E-state index in [1.165, 1.54) is 0 Å². The van der Waals surface area contributed by atoms with E-state index in [1.54, 1.807) is 6.92 Å². The molecular weight excluding hydrogens is 208 g/mol. The molecule has 0 rings (SSSR count). The van der Waals surface area contributed by atoms with Gasteiger partial charge in [0.15, 0.2) is 0 Å². The van der Waals surface area contributed by atoms with E-state index < -0.39 is 11.9 Å².